The molecule has 0 aromatic heterocycles. The van der Waals surface area contributed by atoms with Gasteiger partial charge in [-0.15, -0.1) is 0 Å². The van der Waals surface area contributed by atoms with Crippen LogP contribution in [0.4, 0.5) is 5.69 Å². The Balaban J connectivity index is 1.98. The van der Waals surface area contributed by atoms with E-state index < -0.39 is 0 Å². The largest absolute Gasteiger partial charge is 0.368 e. The van der Waals surface area contributed by atoms with E-state index in [4.69, 9.17) is 28.9 Å². The molecule has 3 N–H and O–H groups in total. The van der Waals surface area contributed by atoms with Gasteiger partial charge in [0.25, 0.3) is 0 Å². The molecule has 1 atom stereocenters. The summed E-state index contributed by atoms with van der Waals surface area (Å²) in [5, 5.41) is 3.63. The molecule has 114 valence electrons. The predicted octanol–water partition coefficient (Wildman–Crippen LogP) is 2.27. The standard InChI is InChI=1S/C14H17Cl2N3O2/c15-9-5-10(16)7-11(6-9)18-13(20)8-19-4-2-1-3-12(19)14(17)21/h5-7,12H,1-4,8H2,(H2,17,21)(H,18,20)/t12-/m0/s1. The van der Waals surface area contributed by atoms with Gasteiger partial charge in [-0.1, -0.05) is 29.6 Å². The van der Waals surface area contributed by atoms with Crippen LogP contribution in [0.3, 0.4) is 0 Å². The summed E-state index contributed by atoms with van der Waals surface area (Å²) in [7, 11) is 0. The van der Waals surface area contributed by atoms with Crippen LogP contribution in [-0.4, -0.2) is 35.8 Å². The van der Waals surface area contributed by atoms with Crippen molar-refractivity contribution in [1.82, 2.24) is 4.90 Å². The van der Waals surface area contributed by atoms with Gasteiger partial charge in [0.2, 0.25) is 11.8 Å². The smallest absolute Gasteiger partial charge is 0.238 e. The van der Waals surface area contributed by atoms with Crippen molar-refractivity contribution in [2.45, 2.75) is 25.3 Å². The van der Waals surface area contributed by atoms with Crippen molar-refractivity contribution in [2.24, 2.45) is 5.73 Å². The van der Waals surface area contributed by atoms with Crippen LogP contribution in [-0.2, 0) is 9.59 Å². The van der Waals surface area contributed by atoms with E-state index in [1.54, 1.807) is 18.2 Å². The van der Waals surface area contributed by atoms with Crippen LogP contribution < -0.4 is 11.1 Å². The summed E-state index contributed by atoms with van der Waals surface area (Å²) in [6, 6.07) is 4.46. The average Bonchev–Trinajstić information content (AvgIpc) is 2.37. The van der Waals surface area contributed by atoms with Gasteiger partial charge in [-0.05, 0) is 37.6 Å². The molecular formula is C14H17Cl2N3O2. The zero-order valence-electron chi connectivity index (χ0n) is 11.4. The van der Waals surface area contributed by atoms with E-state index in [1.165, 1.54) is 0 Å². The Morgan fingerprint density at radius 1 is 1.24 bits per heavy atom. The first-order chi connectivity index (χ1) is 9.95. The fourth-order valence-corrected chi connectivity index (χ4v) is 3.04. The minimum atomic E-state index is -0.381. The van der Waals surface area contributed by atoms with Gasteiger partial charge in [0, 0.05) is 15.7 Å². The number of amides is 2. The molecule has 1 aromatic rings. The molecule has 0 aliphatic carbocycles. The number of primary amides is 1. The van der Waals surface area contributed by atoms with Gasteiger partial charge in [0.05, 0.1) is 12.6 Å². The van der Waals surface area contributed by atoms with Crippen LogP contribution in [0.25, 0.3) is 0 Å². The highest BCUT2D eigenvalue weighted by Gasteiger charge is 2.28. The lowest BCUT2D eigenvalue weighted by Gasteiger charge is -2.32. The van der Waals surface area contributed by atoms with Gasteiger partial charge in [0.1, 0.15) is 0 Å². The Kier molecular flexibility index (Phi) is 5.45. The molecule has 1 saturated heterocycles. The lowest BCUT2D eigenvalue weighted by atomic mass is 10.0. The summed E-state index contributed by atoms with van der Waals surface area (Å²) < 4.78 is 0. The zero-order chi connectivity index (χ0) is 15.4. The van der Waals surface area contributed by atoms with Crippen molar-refractivity contribution < 1.29 is 9.59 Å². The second-order valence-corrected chi connectivity index (χ2v) is 5.96. The molecule has 2 amide bonds. The molecule has 1 aliphatic heterocycles. The average molecular weight is 330 g/mol. The molecule has 0 bridgehead atoms. The monoisotopic (exact) mass is 329 g/mol. The number of rotatable bonds is 4. The van der Waals surface area contributed by atoms with E-state index in [1.807, 2.05) is 4.90 Å². The van der Waals surface area contributed by atoms with E-state index in [-0.39, 0.29) is 24.4 Å². The Labute approximate surface area is 133 Å². The SMILES string of the molecule is NC(=O)[C@@H]1CCCCN1CC(=O)Nc1cc(Cl)cc(Cl)c1. The van der Waals surface area contributed by atoms with Crippen LogP contribution in [0.5, 0.6) is 0 Å². The normalized spacial score (nSPS) is 19.2. The minimum absolute atomic E-state index is 0.123. The third-order valence-electron chi connectivity index (χ3n) is 3.44. The maximum atomic E-state index is 12.1. The zero-order valence-corrected chi connectivity index (χ0v) is 13.0. The molecule has 0 saturated carbocycles. The van der Waals surface area contributed by atoms with Crippen LogP contribution >= 0.6 is 23.2 Å². The van der Waals surface area contributed by atoms with E-state index in [2.05, 4.69) is 5.32 Å². The van der Waals surface area contributed by atoms with Crippen molar-refractivity contribution in [3.8, 4) is 0 Å². The summed E-state index contributed by atoms with van der Waals surface area (Å²) in [5.74, 6) is -0.602. The van der Waals surface area contributed by atoms with Crippen molar-refractivity contribution in [3.63, 3.8) is 0 Å². The minimum Gasteiger partial charge on any atom is -0.368 e. The maximum Gasteiger partial charge on any atom is 0.238 e. The third kappa shape index (κ3) is 4.59. The van der Waals surface area contributed by atoms with Gasteiger partial charge in [-0.3, -0.25) is 14.5 Å². The number of halogens is 2. The molecule has 1 aromatic carbocycles. The molecule has 1 heterocycles. The van der Waals surface area contributed by atoms with Crippen LogP contribution in [0.15, 0.2) is 18.2 Å². The number of carbonyl (C=O) groups is 2. The van der Waals surface area contributed by atoms with Gasteiger partial charge < -0.3 is 11.1 Å². The number of anilines is 1. The van der Waals surface area contributed by atoms with Gasteiger partial charge in [-0.25, -0.2) is 0 Å². The number of carbonyl (C=O) groups excluding carboxylic acids is 2. The molecule has 0 radical (unpaired) electrons. The van der Waals surface area contributed by atoms with E-state index in [0.29, 0.717) is 28.7 Å². The molecule has 1 fully saturated rings. The first-order valence-electron chi connectivity index (χ1n) is 6.75. The molecule has 2 rings (SSSR count). The molecule has 0 unspecified atom stereocenters. The maximum absolute atomic E-state index is 12.1. The number of benzene rings is 1. The quantitative estimate of drug-likeness (QED) is 0.889. The Bertz CT molecular complexity index is 531. The number of nitrogens with zero attached hydrogens (tertiary/aromatic N) is 1. The summed E-state index contributed by atoms with van der Waals surface area (Å²) in [4.78, 5) is 25.3. The molecule has 0 spiro atoms. The predicted molar refractivity (Wildman–Crippen MR) is 83.5 cm³/mol. The van der Waals surface area contributed by atoms with E-state index in [9.17, 15) is 9.59 Å². The van der Waals surface area contributed by atoms with E-state index in [0.717, 1.165) is 12.8 Å². The van der Waals surface area contributed by atoms with Crippen LogP contribution in [0.2, 0.25) is 10.0 Å². The summed E-state index contributed by atoms with van der Waals surface area (Å²) in [6.45, 7) is 0.815. The molecule has 5 nitrogen and oxygen atoms in total. The van der Waals surface area contributed by atoms with Crippen molar-refractivity contribution in [2.75, 3.05) is 18.4 Å². The Morgan fingerprint density at radius 2 is 1.90 bits per heavy atom. The molecule has 21 heavy (non-hydrogen) atoms. The first-order valence-corrected chi connectivity index (χ1v) is 7.50. The lowest BCUT2D eigenvalue weighted by Crippen LogP contribution is -2.50. The van der Waals surface area contributed by atoms with Gasteiger partial charge in [0.15, 0.2) is 0 Å². The lowest BCUT2D eigenvalue weighted by molar-refractivity contribution is -0.126. The first kappa shape index (κ1) is 16.1. The number of hydrogen-bond donors (Lipinski definition) is 2. The van der Waals surface area contributed by atoms with Gasteiger partial charge in [-0.2, -0.15) is 0 Å². The molecule has 7 heteroatoms. The third-order valence-corrected chi connectivity index (χ3v) is 3.87. The highest BCUT2D eigenvalue weighted by molar-refractivity contribution is 6.35. The van der Waals surface area contributed by atoms with Crippen LogP contribution in [0, 0.1) is 0 Å². The topological polar surface area (TPSA) is 75.4 Å². The number of hydrogen-bond acceptors (Lipinski definition) is 3. The van der Waals surface area contributed by atoms with E-state index >= 15 is 0 Å². The number of likely N-dealkylation sites (tertiary alicyclic amines) is 1. The number of nitrogens with two attached hydrogens (primary N) is 1. The molecular weight excluding hydrogens is 313 g/mol. The molecule has 1 aliphatic rings. The summed E-state index contributed by atoms with van der Waals surface area (Å²) in [6.07, 6.45) is 2.61. The van der Waals surface area contributed by atoms with Crippen molar-refractivity contribution in [1.29, 1.82) is 0 Å². The second kappa shape index (κ2) is 7.11. The van der Waals surface area contributed by atoms with Crippen molar-refractivity contribution in [3.05, 3.63) is 28.2 Å². The highest BCUT2D eigenvalue weighted by atomic mass is 35.5. The Hall–Kier alpha value is -1.30. The summed E-state index contributed by atoms with van der Waals surface area (Å²) >= 11 is 11.8. The van der Waals surface area contributed by atoms with Gasteiger partial charge >= 0.3 is 0 Å². The number of piperidine rings is 1. The number of nitrogens with one attached hydrogen (secondary N) is 1. The highest BCUT2D eigenvalue weighted by Crippen LogP contribution is 2.22. The summed E-state index contributed by atoms with van der Waals surface area (Å²) in [5.41, 5.74) is 5.91. The van der Waals surface area contributed by atoms with Crippen LogP contribution in [0.1, 0.15) is 19.3 Å². The second-order valence-electron chi connectivity index (χ2n) is 5.09. The van der Waals surface area contributed by atoms with Crippen molar-refractivity contribution >= 4 is 40.7 Å². The fraction of sp³-hybridized carbons (Fsp3) is 0.429. The Morgan fingerprint density at radius 3 is 2.52 bits per heavy atom. The fourth-order valence-electron chi connectivity index (χ4n) is 2.51.